The van der Waals surface area contributed by atoms with E-state index in [1.54, 1.807) is 6.07 Å². The van der Waals surface area contributed by atoms with Gasteiger partial charge in [-0.15, -0.1) is 0 Å². The zero-order valence-electron chi connectivity index (χ0n) is 6.59. The van der Waals surface area contributed by atoms with E-state index in [2.05, 4.69) is 27.3 Å². The summed E-state index contributed by atoms with van der Waals surface area (Å²) < 4.78 is 10.6. The summed E-state index contributed by atoms with van der Waals surface area (Å²) in [6.07, 6.45) is 0. The molecule has 0 radical (unpaired) electrons. The molecule has 0 saturated carbocycles. The van der Waals surface area contributed by atoms with Crippen LogP contribution in [0.5, 0.6) is 5.06 Å². The van der Waals surface area contributed by atoms with Crippen LogP contribution in [0.4, 0.5) is 0 Å². The molecule has 3 nitrogen and oxygen atoms in total. The molecule has 0 atom stereocenters. The number of methoxy groups -OCH3 is 2. The number of carbonyl (C=O) groups is 1. The first kappa shape index (κ1) is 9.79. The lowest BCUT2D eigenvalue weighted by atomic mass is 10.3. The third kappa shape index (κ3) is 1.89. The molecule has 0 saturated heterocycles. The third-order valence-corrected chi connectivity index (χ3v) is 3.12. The normalized spacial score (nSPS) is 9.58. The lowest BCUT2D eigenvalue weighted by molar-refractivity contribution is 0.0598. The summed E-state index contributed by atoms with van der Waals surface area (Å²) in [6.45, 7) is 0. The average Bonchev–Trinajstić information content (AvgIpc) is 2.45. The van der Waals surface area contributed by atoms with Gasteiger partial charge in [0.05, 0.1) is 17.1 Å². The first-order valence-electron chi connectivity index (χ1n) is 3.10. The van der Waals surface area contributed by atoms with Gasteiger partial charge >= 0.3 is 5.97 Å². The molecule has 66 valence electrons. The Balaban J connectivity index is 3.04. The minimum Gasteiger partial charge on any atom is -0.487 e. The smallest absolute Gasteiger partial charge is 0.342 e. The fraction of sp³-hybridized carbons (Fsp3) is 0.286. The first-order valence-corrected chi connectivity index (χ1v) is 5.00. The number of ether oxygens (including phenoxy) is 2. The van der Waals surface area contributed by atoms with Crippen molar-refractivity contribution in [3.05, 3.63) is 14.5 Å². The van der Waals surface area contributed by atoms with E-state index < -0.39 is 0 Å². The van der Waals surface area contributed by atoms with Gasteiger partial charge in [-0.25, -0.2) is 4.79 Å². The van der Waals surface area contributed by atoms with Gasteiger partial charge in [0.2, 0.25) is 0 Å². The molecule has 1 aromatic heterocycles. The van der Waals surface area contributed by atoms with Crippen molar-refractivity contribution >= 4 is 39.9 Å². The van der Waals surface area contributed by atoms with E-state index in [-0.39, 0.29) is 5.97 Å². The maximum atomic E-state index is 11.1. The zero-order chi connectivity index (χ0) is 9.14. The monoisotopic (exact) mass is 298 g/mol. The highest BCUT2D eigenvalue weighted by Crippen LogP contribution is 2.31. The van der Waals surface area contributed by atoms with E-state index in [9.17, 15) is 4.79 Å². The van der Waals surface area contributed by atoms with Gasteiger partial charge in [-0.1, -0.05) is 11.3 Å². The molecule has 0 aromatic carbocycles. The van der Waals surface area contributed by atoms with Gasteiger partial charge in [-0.2, -0.15) is 0 Å². The fourth-order valence-electron chi connectivity index (χ4n) is 0.749. The first-order chi connectivity index (χ1) is 5.69. The molecular formula is C7H7IO3S. The van der Waals surface area contributed by atoms with Crippen LogP contribution in [0.1, 0.15) is 10.4 Å². The number of halogens is 1. The number of carbonyl (C=O) groups excluding carboxylic acids is 1. The highest BCUT2D eigenvalue weighted by molar-refractivity contribution is 14.1. The lowest BCUT2D eigenvalue weighted by Crippen LogP contribution is -2.00. The Morgan fingerprint density at radius 2 is 2.25 bits per heavy atom. The van der Waals surface area contributed by atoms with Gasteiger partial charge in [-0.05, 0) is 28.7 Å². The molecule has 1 heterocycles. The van der Waals surface area contributed by atoms with Gasteiger partial charge in [0.1, 0.15) is 5.56 Å². The second-order valence-corrected chi connectivity index (χ2v) is 4.86. The van der Waals surface area contributed by atoms with Crippen LogP contribution in [0.3, 0.4) is 0 Å². The van der Waals surface area contributed by atoms with Crippen LogP contribution in [0.15, 0.2) is 6.07 Å². The van der Waals surface area contributed by atoms with Crippen molar-refractivity contribution in [2.45, 2.75) is 0 Å². The largest absolute Gasteiger partial charge is 0.487 e. The maximum Gasteiger partial charge on any atom is 0.342 e. The molecule has 0 aliphatic rings. The molecule has 5 heteroatoms. The van der Waals surface area contributed by atoms with Crippen LogP contribution in [-0.4, -0.2) is 20.2 Å². The van der Waals surface area contributed by atoms with E-state index in [0.29, 0.717) is 10.6 Å². The fourth-order valence-corrected chi connectivity index (χ4v) is 2.35. The molecule has 0 amide bonds. The van der Waals surface area contributed by atoms with E-state index in [4.69, 9.17) is 4.74 Å². The third-order valence-electron chi connectivity index (χ3n) is 1.26. The van der Waals surface area contributed by atoms with Gasteiger partial charge in [0.25, 0.3) is 0 Å². The summed E-state index contributed by atoms with van der Waals surface area (Å²) >= 11 is 3.55. The SMILES string of the molecule is COC(=O)c1cc(I)sc1OC. The molecule has 0 aliphatic heterocycles. The topological polar surface area (TPSA) is 35.5 Å². The van der Waals surface area contributed by atoms with Crippen LogP contribution in [0.2, 0.25) is 0 Å². The van der Waals surface area contributed by atoms with Crippen LogP contribution >= 0.6 is 33.9 Å². The molecule has 1 aromatic rings. The summed E-state index contributed by atoms with van der Waals surface area (Å²) in [5.41, 5.74) is 0.495. The highest BCUT2D eigenvalue weighted by atomic mass is 127. The Kier molecular flexibility index (Phi) is 3.33. The summed E-state index contributed by atoms with van der Waals surface area (Å²) in [5.74, 6) is -0.356. The molecule has 1 rings (SSSR count). The van der Waals surface area contributed by atoms with Crippen molar-refractivity contribution in [2.75, 3.05) is 14.2 Å². The summed E-state index contributed by atoms with van der Waals surface area (Å²) in [7, 11) is 2.89. The van der Waals surface area contributed by atoms with Crippen LogP contribution in [-0.2, 0) is 4.74 Å². The molecule has 0 bridgehead atoms. The Morgan fingerprint density at radius 3 is 2.75 bits per heavy atom. The second kappa shape index (κ2) is 4.08. The zero-order valence-corrected chi connectivity index (χ0v) is 9.56. The van der Waals surface area contributed by atoms with Crippen LogP contribution in [0.25, 0.3) is 0 Å². The van der Waals surface area contributed by atoms with Crippen LogP contribution < -0.4 is 4.74 Å². The standard InChI is InChI=1S/C7H7IO3S/c1-10-6(9)4-3-5(8)12-7(4)11-2/h3H,1-2H3. The Bertz CT molecular complexity index is 295. The minimum atomic E-state index is -0.356. The van der Waals surface area contributed by atoms with Crippen molar-refractivity contribution in [2.24, 2.45) is 0 Å². The Labute approximate surface area is 87.8 Å². The van der Waals surface area contributed by atoms with Gasteiger partial charge in [0, 0.05) is 0 Å². The number of esters is 1. The minimum absolute atomic E-state index is 0.356. The molecule has 0 aliphatic carbocycles. The van der Waals surface area contributed by atoms with Crippen molar-refractivity contribution < 1.29 is 14.3 Å². The molecule has 0 N–H and O–H groups in total. The molecule has 12 heavy (non-hydrogen) atoms. The van der Waals surface area contributed by atoms with E-state index in [1.807, 2.05) is 0 Å². The van der Waals surface area contributed by atoms with E-state index in [1.165, 1.54) is 25.6 Å². The molecule has 0 unspecified atom stereocenters. The second-order valence-electron chi connectivity index (χ2n) is 1.95. The Hall–Kier alpha value is -0.300. The maximum absolute atomic E-state index is 11.1. The average molecular weight is 298 g/mol. The summed E-state index contributed by atoms with van der Waals surface area (Å²) in [4.78, 5) is 11.1. The van der Waals surface area contributed by atoms with E-state index in [0.717, 1.165) is 2.88 Å². The van der Waals surface area contributed by atoms with Gasteiger partial charge < -0.3 is 9.47 Å². The molecular weight excluding hydrogens is 291 g/mol. The van der Waals surface area contributed by atoms with Gasteiger partial charge in [0.15, 0.2) is 5.06 Å². The number of hydrogen-bond acceptors (Lipinski definition) is 4. The predicted molar refractivity (Wildman–Crippen MR) is 54.9 cm³/mol. The van der Waals surface area contributed by atoms with Crippen molar-refractivity contribution in [3.63, 3.8) is 0 Å². The summed E-state index contributed by atoms with van der Waals surface area (Å²) in [5, 5.41) is 0.603. The highest BCUT2D eigenvalue weighted by Gasteiger charge is 2.15. The van der Waals surface area contributed by atoms with Crippen LogP contribution in [0, 0.1) is 2.88 Å². The van der Waals surface area contributed by atoms with Crippen molar-refractivity contribution in [1.82, 2.24) is 0 Å². The van der Waals surface area contributed by atoms with E-state index >= 15 is 0 Å². The summed E-state index contributed by atoms with van der Waals surface area (Å²) in [6, 6.07) is 1.75. The quantitative estimate of drug-likeness (QED) is 0.620. The van der Waals surface area contributed by atoms with Crippen molar-refractivity contribution in [1.29, 1.82) is 0 Å². The number of thiophene rings is 1. The van der Waals surface area contributed by atoms with Gasteiger partial charge in [-0.3, -0.25) is 0 Å². The molecule has 0 spiro atoms. The van der Waals surface area contributed by atoms with Crippen molar-refractivity contribution in [3.8, 4) is 5.06 Å². The number of hydrogen-bond donors (Lipinski definition) is 0. The Morgan fingerprint density at radius 1 is 1.58 bits per heavy atom. The predicted octanol–water partition coefficient (Wildman–Crippen LogP) is 2.15. The lowest BCUT2D eigenvalue weighted by Gasteiger charge is -1.98. The number of rotatable bonds is 2. The molecule has 0 fully saturated rings.